The Labute approximate surface area is 217 Å². The van der Waals surface area contributed by atoms with Gasteiger partial charge in [0.05, 0.1) is 11.7 Å². The fourth-order valence-electron chi connectivity index (χ4n) is 5.37. The SMILES string of the molecule is CC(C)C[C@]1(OC(=O)O)C[C@H](c2cnccn2)[C@H](c2cccnc2)N1C(=O)c1ccc(C(C)(C)C)cc1. The van der Waals surface area contributed by atoms with Gasteiger partial charge in [0, 0.05) is 55.3 Å². The summed E-state index contributed by atoms with van der Waals surface area (Å²) in [7, 11) is 0. The molecule has 0 spiro atoms. The predicted octanol–water partition coefficient (Wildman–Crippen LogP) is 5.98. The number of carbonyl (C=O) groups is 2. The molecule has 2 aromatic heterocycles. The van der Waals surface area contributed by atoms with Crippen LogP contribution in [0.5, 0.6) is 0 Å². The van der Waals surface area contributed by atoms with Gasteiger partial charge in [-0.1, -0.05) is 52.8 Å². The van der Waals surface area contributed by atoms with Crippen LogP contribution in [0.15, 0.2) is 67.4 Å². The van der Waals surface area contributed by atoms with Crippen LogP contribution in [0.4, 0.5) is 4.79 Å². The second-order valence-electron chi connectivity index (χ2n) is 11.1. The molecule has 8 nitrogen and oxygen atoms in total. The summed E-state index contributed by atoms with van der Waals surface area (Å²) in [5, 5.41) is 9.86. The van der Waals surface area contributed by atoms with E-state index in [2.05, 4.69) is 35.7 Å². The van der Waals surface area contributed by atoms with Gasteiger partial charge in [-0.15, -0.1) is 0 Å². The Morgan fingerprint density at radius 1 is 1.08 bits per heavy atom. The van der Waals surface area contributed by atoms with Crippen LogP contribution in [0, 0.1) is 5.92 Å². The molecule has 1 aliphatic heterocycles. The molecule has 0 radical (unpaired) electrons. The van der Waals surface area contributed by atoms with Crippen molar-refractivity contribution >= 4 is 12.1 Å². The number of hydrogen-bond donors (Lipinski definition) is 1. The van der Waals surface area contributed by atoms with E-state index in [1.54, 1.807) is 48.0 Å². The summed E-state index contributed by atoms with van der Waals surface area (Å²) in [6.45, 7) is 10.3. The molecule has 3 aromatic rings. The zero-order chi connectivity index (χ0) is 26.8. The van der Waals surface area contributed by atoms with Crippen molar-refractivity contribution in [3.8, 4) is 0 Å². The van der Waals surface area contributed by atoms with E-state index in [1.165, 1.54) is 0 Å². The van der Waals surface area contributed by atoms with Gasteiger partial charge in [0.15, 0.2) is 5.72 Å². The molecule has 1 N–H and O–H groups in total. The Balaban J connectivity index is 1.91. The van der Waals surface area contributed by atoms with Gasteiger partial charge in [0.25, 0.3) is 5.91 Å². The average Bonchev–Trinajstić information content (AvgIpc) is 3.17. The Bertz CT molecular complexity index is 1230. The van der Waals surface area contributed by atoms with Crippen molar-refractivity contribution in [2.45, 2.75) is 70.6 Å². The molecule has 0 saturated carbocycles. The number of rotatable bonds is 6. The molecule has 37 heavy (non-hydrogen) atoms. The normalized spacial score (nSPS) is 21.7. The van der Waals surface area contributed by atoms with E-state index in [4.69, 9.17) is 4.74 Å². The van der Waals surface area contributed by atoms with Gasteiger partial charge in [0.2, 0.25) is 0 Å². The van der Waals surface area contributed by atoms with E-state index in [0.29, 0.717) is 17.7 Å². The fourth-order valence-corrected chi connectivity index (χ4v) is 5.37. The summed E-state index contributed by atoms with van der Waals surface area (Å²) in [5.74, 6) is -0.607. The minimum atomic E-state index is -1.42. The van der Waals surface area contributed by atoms with Crippen LogP contribution in [-0.4, -0.2) is 42.7 Å². The molecule has 1 saturated heterocycles. The highest BCUT2D eigenvalue weighted by Gasteiger charge is 2.58. The third kappa shape index (κ3) is 5.48. The van der Waals surface area contributed by atoms with Gasteiger partial charge >= 0.3 is 6.16 Å². The second-order valence-corrected chi connectivity index (χ2v) is 11.1. The molecule has 0 bridgehead atoms. The first-order valence-corrected chi connectivity index (χ1v) is 12.5. The molecule has 0 unspecified atom stereocenters. The van der Waals surface area contributed by atoms with Crippen molar-refractivity contribution in [3.63, 3.8) is 0 Å². The topological polar surface area (TPSA) is 106 Å². The molecule has 8 heteroatoms. The smallest absolute Gasteiger partial charge is 0.450 e. The number of aromatic nitrogens is 3. The zero-order valence-corrected chi connectivity index (χ0v) is 22.0. The first-order chi connectivity index (χ1) is 17.5. The summed E-state index contributed by atoms with van der Waals surface area (Å²) >= 11 is 0. The Morgan fingerprint density at radius 3 is 2.32 bits per heavy atom. The maximum absolute atomic E-state index is 14.3. The summed E-state index contributed by atoms with van der Waals surface area (Å²) < 4.78 is 5.70. The lowest BCUT2D eigenvalue weighted by atomic mass is 9.86. The van der Waals surface area contributed by atoms with Crippen LogP contribution >= 0.6 is 0 Å². The zero-order valence-electron chi connectivity index (χ0n) is 22.0. The maximum Gasteiger partial charge on any atom is 0.507 e. The average molecular weight is 503 g/mol. The van der Waals surface area contributed by atoms with Crippen LogP contribution in [0.1, 0.15) is 86.6 Å². The van der Waals surface area contributed by atoms with Crippen molar-refractivity contribution in [1.82, 2.24) is 19.9 Å². The van der Waals surface area contributed by atoms with Crippen molar-refractivity contribution in [3.05, 3.63) is 89.8 Å². The second kappa shape index (κ2) is 10.3. The number of hydrogen-bond acceptors (Lipinski definition) is 6. The summed E-state index contributed by atoms with van der Waals surface area (Å²) in [6.07, 6.45) is 7.40. The van der Waals surface area contributed by atoms with Crippen molar-refractivity contribution in [2.24, 2.45) is 5.92 Å². The fraction of sp³-hybridized carbons (Fsp3) is 0.414. The van der Waals surface area contributed by atoms with Gasteiger partial charge in [-0.05, 0) is 40.7 Å². The van der Waals surface area contributed by atoms with E-state index in [9.17, 15) is 14.7 Å². The molecule has 0 aliphatic carbocycles. The molecule has 1 fully saturated rings. The Kier molecular flexibility index (Phi) is 7.30. The van der Waals surface area contributed by atoms with Crippen LogP contribution < -0.4 is 0 Å². The lowest BCUT2D eigenvalue weighted by Crippen LogP contribution is -2.52. The summed E-state index contributed by atoms with van der Waals surface area (Å²) in [5.41, 5.74) is 1.53. The van der Waals surface area contributed by atoms with E-state index in [1.807, 2.05) is 38.1 Å². The van der Waals surface area contributed by atoms with Gasteiger partial charge in [-0.3, -0.25) is 24.6 Å². The lowest BCUT2D eigenvalue weighted by molar-refractivity contribution is -0.108. The number of amides is 1. The third-order valence-corrected chi connectivity index (χ3v) is 6.85. The first-order valence-electron chi connectivity index (χ1n) is 12.5. The number of likely N-dealkylation sites (tertiary alicyclic amines) is 1. The molecule has 1 aromatic carbocycles. The Morgan fingerprint density at radius 2 is 1.78 bits per heavy atom. The first kappa shape index (κ1) is 26.3. The number of pyridine rings is 1. The monoisotopic (exact) mass is 502 g/mol. The van der Waals surface area contributed by atoms with Gasteiger partial charge in [-0.25, -0.2) is 4.79 Å². The number of ether oxygens (including phenoxy) is 1. The largest absolute Gasteiger partial charge is 0.507 e. The highest BCUT2D eigenvalue weighted by Crippen LogP contribution is 2.54. The van der Waals surface area contributed by atoms with Crippen LogP contribution in [0.25, 0.3) is 0 Å². The molecule has 194 valence electrons. The highest BCUT2D eigenvalue weighted by molar-refractivity contribution is 5.95. The number of carbonyl (C=O) groups excluding carboxylic acids is 1. The van der Waals surface area contributed by atoms with Gasteiger partial charge in [0.1, 0.15) is 0 Å². The number of nitrogens with zero attached hydrogens (tertiary/aromatic N) is 4. The van der Waals surface area contributed by atoms with Crippen LogP contribution in [-0.2, 0) is 10.2 Å². The van der Waals surface area contributed by atoms with Crippen LogP contribution in [0.3, 0.4) is 0 Å². The van der Waals surface area contributed by atoms with E-state index in [0.717, 1.165) is 11.1 Å². The van der Waals surface area contributed by atoms with Crippen molar-refractivity contribution in [2.75, 3.05) is 0 Å². The molecular formula is C29H34N4O4. The van der Waals surface area contributed by atoms with E-state index < -0.39 is 17.9 Å². The summed E-state index contributed by atoms with van der Waals surface area (Å²) in [6, 6.07) is 10.7. The standard InChI is InChI=1S/C29H34N4O4/c1-19(2)15-29(37-27(35)36)16-23(24-18-31-13-14-32-24)25(21-7-6-12-30-17-21)33(29)26(34)20-8-10-22(11-9-20)28(3,4)5/h6-14,17-19,23,25H,15-16H2,1-5H3,(H,35,36)/t23-,25+,29+/m1/s1. The van der Waals surface area contributed by atoms with Crippen molar-refractivity contribution < 1.29 is 19.4 Å². The van der Waals surface area contributed by atoms with Gasteiger partial charge in [-0.2, -0.15) is 0 Å². The lowest BCUT2D eigenvalue weighted by Gasteiger charge is -2.40. The van der Waals surface area contributed by atoms with Gasteiger partial charge < -0.3 is 9.84 Å². The Hall–Kier alpha value is -3.81. The van der Waals surface area contributed by atoms with Crippen LogP contribution in [0.2, 0.25) is 0 Å². The molecule has 3 atom stereocenters. The quantitative estimate of drug-likeness (QED) is 0.414. The third-order valence-electron chi connectivity index (χ3n) is 6.85. The molecule has 3 heterocycles. The van der Waals surface area contributed by atoms with Crippen molar-refractivity contribution in [1.29, 1.82) is 0 Å². The number of carboxylic acid groups (broad SMARTS) is 1. The molecule has 1 amide bonds. The highest BCUT2D eigenvalue weighted by atomic mass is 16.7. The molecule has 4 rings (SSSR count). The maximum atomic E-state index is 14.3. The minimum Gasteiger partial charge on any atom is -0.450 e. The van der Waals surface area contributed by atoms with E-state index in [-0.39, 0.29) is 29.6 Å². The number of benzene rings is 1. The van der Waals surface area contributed by atoms with E-state index >= 15 is 0 Å². The summed E-state index contributed by atoms with van der Waals surface area (Å²) in [4.78, 5) is 41.1. The predicted molar refractivity (Wildman–Crippen MR) is 139 cm³/mol. The molecule has 1 aliphatic rings. The molecular weight excluding hydrogens is 468 g/mol. The minimum absolute atomic E-state index is 0.0491.